The number of aliphatic hydroxyl groups is 2. The Kier molecular flexibility index (Phi) is 5.55. The Morgan fingerprint density at radius 1 is 1.62 bits per heavy atom. The van der Waals surface area contributed by atoms with Gasteiger partial charge in [-0.1, -0.05) is 13.3 Å². The maximum Gasteiger partial charge on any atom is 0.229 e. The zero-order chi connectivity index (χ0) is 15.4. The smallest absolute Gasteiger partial charge is 0.229 e. The van der Waals surface area contributed by atoms with E-state index in [1.807, 2.05) is 6.92 Å². The minimum absolute atomic E-state index is 0.185. The molecule has 0 fully saturated rings. The third kappa shape index (κ3) is 3.72. The Morgan fingerprint density at radius 2 is 2.38 bits per heavy atom. The summed E-state index contributed by atoms with van der Waals surface area (Å²) in [5, 5.41) is 22.6. The highest BCUT2D eigenvalue weighted by atomic mass is 32.1. The topological polar surface area (TPSA) is 108 Å². The number of aliphatic hydroxyl groups excluding tert-OH is 2. The minimum atomic E-state index is -0.729. The van der Waals surface area contributed by atoms with Gasteiger partial charge in [0.05, 0.1) is 30.4 Å². The van der Waals surface area contributed by atoms with Crippen LogP contribution in [0.4, 0.5) is 5.13 Å². The molecular formula is C14H23N3O3S. The third-order valence-corrected chi connectivity index (χ3v) is 4.82. The molecule has 0 saturated carbocycles. The van der Waals surface area contributed by atoms with E-state index in [1.165, 1.54) is 11.3 Å². The molecule has 2 rings (SSSR count). The highest BCUT2D eigenvalue weighted by Crippen LogP contribution is 2.35. The quantitative estimate of drug-likeness (QED) is 0.621. The summed E-state index contributed by atoms with van der Waals surface area (Å²) >= 11 is 1.44. The fourth-order valence-electron chi connectivity index (χ4n) is 2.74. The number of carbonyl (C=O) groups excluding carboxylic acids is 1. The second-order valence-electron chi connectivity index (χ2n) is 5.46. The number of anilines is 1. The zero-order valence-corrected chi connectivity index (χ0v) is 13.0. The van der Waals surface area contributed by atoms with Crippen molar-refractivity contribution in [1.82, 2.24) is 10.3 Å². The number of rotatable bonds is 6. The van der Waals surface area contributed by atoms with E-state index in [-0.39, 0.29) is 18.4 Å². The molecule has 3 unspecified atom stereocenters. The molecule has 1 heterocycles. The van der Waals surface area contributed by atoms with Gasteiger partial charge in [0.1, 0.15) is 0 Å². The van der Waals surface area contributed by atoms with Crippen LogP contribution >= 0.6 is 11.3 Å². The van der Waals surface area contributed by atoms with Gasteiger partial charge in [-0.3, -0.25) is 4.79 Å². The Balaban J connectivity index is 2.06. The summed E-state index contributed by atoms with van der Waals surface area (Å²) in [6, 6.07) is -0.626. The molecule has 1 aliphatic rings. The summed E-state index contributed by atoms with van der Waals surface area (Å²) < 4.78 is 0. The number of aryl methyl sites for hydroxylation is 1. The Hall–Kier alpha value is -1.18. The van der Waals surface area contributed by atoms with Gasteiger partial charge in [0, 0.05) is 4.88 Å². The molecule has 0 radical (unpaired) electrons. The number of nitrogens with two attached hydrogens (primary N) is 1. The number of hydrogen-bond donors (Lipinski definition) is 4. The molecule has 6 nitrogen and oxygen atoms in total. The fourth-order valence-corrected chi connectivity index (χ4v) is 3.67. The van der Waals surface area contributed by atoms with Crippen molar-refractivity contribution < 1.29 is 15.0 Å². The van der Waals surface area contributed by atoms with Crippen LogP contribution in [0.15, 0.2) is 0 Å². The summed E-state index contributed by atoms with van der Waals surface area (Å²) in [4.78, 5) is 17.8. The van der Waals surface area contributed by atoms with Crippen LogP contribution in [0.5, 0.6) is 0 Å². The number of carbonyl (C=O) groups is 1. The van der Waals surface area contributed by atoms with Gasteiger partial charge < -0.3 is 21.3 Å². The molecule has 0 spiro atoms. The molecule has 0 bridgehead atoms. The van der Waals surface area contributed by atoms with Crippen LogP contribution in [0.3, 0.4) is 0 Å². The lowest BCUT2D eigenvalue weighted by molar-refractivity contribution is -0.125. The van der Waals surface area contributed by atoms with E-state index >= 15 is 0 Å². The first kappa shape index (κ1) is 16.2. The van der Waals surface area contributed by atoms with Gasteiger partial charge in [-0.25, -0.2) is 4.98 Å². The lowest BCUT2D eigenvalue weighted by Crippen LogP contribution is -2.47. The molecular weight excluding hydrogens is 290 g/mol. The lowest BCUT2D eigenvalue weighted by Gasteiger charge is -2.26. The van der Waals surface area contributed by atoms with E-state index < -0.39 is 12.1 Å². The number of hydrogen-bond acceptors (Lipinski definition) is 6. The van der Waals surface area contributed by atoms with Crippen molar-refractivity contribution in [1.29, 1.82) is 0 Å². The van der Waals surface area contributed by atoms with Crippen LogP contribution in [-0.2, 0) is 11.2 Å². The zero-order valence-electron chi connectivity index (χ0n) is 12.2. The first-order valence-electron chi connectivity index (χ1n) is 7.41. The molecule has 118 valence electrons. The van der Waals surface area contributed by atoms with Gasteiger partial charge in [0.15, 0.2) is 5.13 Å². The van der Waals surface area contributed by atoms with Crippen LogP contribution in [0.2, 0.25) is 0 Å². The second-order valence-corrected chi connectivity index (χ2v) is 6.57. The summed E-state index contributed by atoms with van der Waals surface area (Å²) in [6.45, 7) is 1.68. The van der Waals surface area contributed by atoms with Crippen molar-refractivity contribution in [2.45, 2.75) is 57.1 Å². The molecule has 0 aromatic carbocycles. The first-order valence-corrected chi connectivity index (χ1v) is 8.22. The average Bonchev–Trinajstić information content (AvgIpc) is 2.84. The van der Waals surface area contributed by atoms with Gasteiger partial charge in [-0.2, -0.15) is 0 Å². The van der Waals surface area contributed by atoms with Gasteiger partial charge in [-0.05, 0) is 25.7 Å². The van der Waals surface area contributed by atoms with Crippen molar-refractivity contribution in [2.24, 2.45) is 0 Å². The van der Waals surface area contributed by atoms with E-state index in [9.17, 15) is 15.0 Å². The van der Waals surface area contributed by atoms with Crippen molar-refractivity contribution in [3.05, 3.63) is 10.6 Å². The molecule has 1 aromatic rings. The molecule has 0 saturated heterocycles. The molecule has 1 aliphatic carbocycles. The number of thiazole rings is 1. The van der Waals surface area contributed by atoms with Crippen LogP contribution in [-0.4, -0.2) is 39.9 Å². The molecule has 3 atom stereocenters. The number of fused-ring (bicyclic) bond motifs is 1. The minimum Gasteiger partial charge on any atom is -0.394 e. The van der Waals surface area contributed by atoms with Crippen molar-refractivity contribution >= 4 is 22.4 Å². The van der Waals surface area contributed by atoms with Crippen molar-refractivity contribution in [3.8, 4) is 0 Å². The lowest BCUT2D eigenvalue weighted by atomic mass is 9.90. The van der Waals surface area contributed by atoms with Crippen molar-refractivity contribution in [3.63, 3.8) is 0 Å². The fraction of sp³-hybridized carbons (Fsp3) is 0.714. The van der Waals surface area contributed by atoms with Gasteiger partial charge in [-0.15, -0.1) is 11.3 Å². The first-order chi connectivity index (χ1) is 10.1. The van der Waals surface area contributed by atoms with Gasteiger partial charge >= 0.3 is 0 Å². The van der Waals surface area contributed by atoms with E-state index in [4.69, 9.17) is 5.73 Å². The van der Waals surface area contributed by atoms with Crippen LogP contribution in [0, 0.1) is 0 Å². The third-order valence-electron chi connectivity index (χ3n) is 3.86. The molecule has 1 amide bonds. The second kappa shape index (κ2) is 7.20. The SMILES string of the molecule is CCCC(O)C(CO)NC(=O)C1CCCc2sc(N)nc21. The molecule has 5 N–H and O–H groups in total. The predicted octanol–water partition coefficient (Wildman–Crippen LogP) is 0.783. The van der Waals surface area contributed by atoms with Crippen LogP contribution in [0.25, 0.3) is 0 Å². The number of nitrogens with zero attached hydrogens (tertiary/aromatic N) is 1. The van der Waals surface area contributed by atoms with Crippen LogP contribution in [0.1, 0.15) is 49.1 Å². The Labute approximate surface area is 128 Å². The summed E-state index contributed by atoms with van der Waals surface area (Å²) in [6.07, 6.45) is 3.18. The maximum absolute atomic E-state index is 12.4. The number of aromatic nitrogens is 1. The molecule has 7 heteroatoms. The predicted molar refractivity (Wildman–Crippen MR) is 82.1 cm³/mol. The average molecular weight is 313 g/mol. The maximum atomic E-state index is 12.4. The summed E-state index contributed by atoms with van der Waals surface area (Å²) in [7, 11) is 0. The number of nitrogen functional groups attached to an aromatic ring is 1. The Bertz CT molecular complexity index is 492. The number of nitrogens with one attached hydrogen (secondary N) is 1. The highest BCUT2D eigenvalue weighted by Gasteiger charge is 2.32. The van der Waals surface area contributed by atoms with E-state index in [2.05, 4.69) is 10.3 Å². The molecule has 1 aromatic heterocycles. The van der Waals surface area contributed by atoms with E-state index in [0.717, 1.165) is 36.3 Å². The Morgan fingerprint density at radius 3 is 3.05 bits per heavy atom. The van der Waals surface area contributed by atoms with Gasteiger partial charge in [0.25, 0.3) is 0 Å². The monoisotopic (exact) mass is 313 g/mol. The summed E-state index contributed by atoms with van der Waals surface area (Å²) in [5.74, 6) is -0.513. The molecule has 0 aliphatic heterocycles. The van der Waals surface area contributed by atoms with Crippen molar-refractivity contribution in [2.75, 3.05) is 12.3 Å². The summed E-state index contributed by atoms with van der Waals surface area (Å²) in [5.41, 5.74) is 6.50. The normalized spacial score (nSPS) is 20.6. The largest absolute Gasteiger partial charge is 0.394 e. The van der Waals surface area contributed by atoms with Gasteiger partial charge in [0.2, 0.25) is 5.91 Å². The number of amides is 1. The highest BCUT2D eigenvalue weighted by molar-refractivity contribution is 7.15. The van der Waals surface area contributed by atoms with E-state index in [0.29, 0.717) is 11.6 Å². The standard InChI is InChI=1S/C14H23N3O3S/c1-2-4-10(19)9(7-18)16-13(20)8-5-3-6-11-12(8)17-14(15)21-11/h8-10,18-19H,2-7H2,1H3,(H2,15,17)(H,16,20). The van der Waals surface area contributed by atoms with E-state index in [1.54, 1.807) is 0 Å². The van der Waals surface area contributed by atoms with Crippen LogP contribution < -0.4 is 11.1 Å². The molecule has 21 heavy (non-hydrogen) atoms.